The lowest BCUT2D eigenvalue weighted by atomic mass is 10.2. The molecule has 0 unspecified atom stereocenters. The fourth-order valence-corrected chi connectivity index (χ4v) is 3.69. The number of aryl methyl sites for hydroxylation is 1. The quantitative estimate of drug-likeness (QED) is 0.711. The summed E-state index contributed by atoms with van der Waals surface area (Å²) in [5, 5.41) is 1.12. The maximum Gasteiger partial charge on any atom is 0.270 e. The van der Waals surface area contributed by atoms with E-state index in [1.54, 1.807) is 0 Å². The Morgan fingerprint density at radius 1 is 0.963 bits per heavy atom. The molecule has 1 aromatic heterocycles. The fraction of sp³-hybridized carbons (Fsp3) is 0.261. The van der Waals surface area contributed by atoms with E-state index in [1.165, 1.54) is 5.56 Å². The van der Waals surface area contributed by atoms with E-state index in [0.29, 0.717) is 0 Å². The van der Waals surface area contributed by atoms with Gasteiger partial charge in [0.1, 0.15) is 5.69 Å². The largest absolute Gasteiger partial charge is 0.340 e. The summed E-state index contributed by atoms with van der Waals surface area (Å²) in [7, 11) is 1.97. The van der Waals surface area contributed by atoms with Crippen molar-refractivity contribution in [1.29, 1.82) is 0 Å². The molecule has 1 saturated heterocycles. The van der Waals surface area contributed by atoms with Gasteiger partial charge in [-0.15, -0.1) is 0 Å². The lowest BCUT2D eigenvalue weighted by Gasteiger charge is -2.34. The summed E-state index contributed by atoms with van der Waals surface area (Å²) in [5.41, 5.74) is 3.10. The molecule has 4 nitrogen and oxygen atoms in total. The van der Waals surface area contributed by atoms with Crippen molar-refractivity contribution in [2.24, 2.45) is 7.05 Å². The van der Waals surface area contributed by atoms with E-state index in [4.69, 9.17) is 0 Å². The third kappa shape index (κ3) is 3.81. The minimum Gasteiger partial charge on any atom is -0.340 e. The van der Waals surface area contributed by atoms with Crippen LogP contribution in [0.5, 0.6) is 0 Å². The molecule has 0 atom stereocenters. The third-order valence-electron chi connectivity index (χ3n) is 5.30. The highest BCUT2D eigenvalue weighted by Gasteiger charge is 2.24. The van der Waals surface area contributed by atoms with E-state index in [2.05, 4.69) is 53.5 Å². The number of aromatic nitrogens is 1. The molecule has 1 aliphatic heterocycles. The molecule has 1 amide bonds. The van der Waals surface area contributed by atoms with Gasteiger partial charge in [0.05, 0.1) is 0 Å². The number of nitrogens with zero attached hydrogens (tertiary/aromatic N) is 3. The van der Waals surface area contributed by atoms with Gasteiger partial charge in [0.25, 0.3) is 5.91 Å². The molecule has 138 valence electrons. The monoisotopic (exact) mass is 359 g/mol. The van der Waals surface area contributed by atoms with Crippen LogP contribution >= 0.6 is 0 Å². The Morgan fingerprint density at radius 2 is 1.67 bits per heavy atom. The van der Waals surface area contributed by atoms with E-state index < -0.39 is 0 Å². The Morgan fingerprint density at radius 3 is 2.41 bits per heavy atom. The molecule has 0 bridgehead atoms. The zero-order valence-electron chi connectivity index (χ0n) is 15.7. The molecule has 0 radical (unpaired) electrons. The van der Waals surface area contributed by atoms with Gasteiger partial charge >= 0.3 is 0 Å². The number of para-hydroxylation sites is 1. The van der Waals surface area contributed by atoms with Crippen molar-refractivity contribution >= 4 is 22.9 Å². The van der Waals surface area contributed by atoms with E-state index in [-0.39, 0.29) is 5.91 Å². The summed E-state index contributed by atoms with van der Waals surface area (Å²) in [4.78, 5) is 17.3. The molecular weight excluding hydrogens is 334 g/mol. The first-order valence-electron chi connectivity index (χ1n) is 9.50. The number of carbonyl (C=O) groups is 1. The van der Waals surface area contributed by atoms with Crippen LogP contribution in [0.15, 0.2) is 66.7 Å². The molecule has 0 spiro atoms. The Kier molecular flexibility index (Phi) is 5.07. The van der Waals surface area contributed by atoms with Crippen molar-refractivity contribution in [2.45, 2.75) is 0 Å². The number of benzene rings is 2. The molecule has 4 rings (SSSR count). The number of amides is 1. The third-order valence-corrected chi connectivity index (χ3v) is 5.30. The summed E-state index contributed by atoms with van der Waals surface area (Å²) in [5.74, 6) is 0.133. The molecule has 1 aliphatic rings. The molecule has 3 aromatic rings. The van der Waals surface area contributed by atoms with Gasteiger partial charge in [0.2, 0.25) is 0 Å². The van der Waals surface area contributed by atoms with Crippen LogP contribution in [0.1, 0.15) is 16.1 Å². The first kappa shape index (κ1) is 17.6. The molecule has 0 saturated carbocycles. The smallest absolute Gasteiger partial charge is 0.270 e. The zero-order valence-corrected chi connectivity index (χ0v) is 15.7. The second-order valence-corrected chi connectivity index (χ2v) is 7.05. The average Bonchev–Trinajstić information content (AvgIpc) is 3.06. The highest BCUT2D eigenvalue weighted by molar-refractivity contribution is 5.98. The minimum absolute atomic E-state index is 0.133. The van der Waals surface area contributed by atoms with Gasteiger partial charge in [-0.2, -0.15) is 0 Å². The average molecular weight is 359 g/mol. The normalized spacial score (nSPS) is 15.7. The molecule has 2 aromatic carbocycles. The highest BCUT2D eigenvalue weighted by atomic mass is 16.2. The molecule has 1 fully saturated rings. The van der Waals surface area contributed by atoms with Crippen LogP contribution < -0.4 is 0 Å². The van der Waals surface area contributed by atoms with E-state index in [1.807, 2.05) is 40.8 Å². The lowest BCUT2D eigenvalue weighted by molar-refractivity contribution is 0.0641. The standard InChI is InChI=1S/C23H25N3O/c1-24-21-12-6-5-11-20(21)18-22(24)23(27)26-16-14-25(15-17-26)13-7-10-19-8-3-2-4-9-19/h2-12,18H,13-17H2,1H3/b10-7+. The zero-order chi connectivity index (χ0) is 18.6. The van der Waals surface area contributed by atoms with Crippen LogP contribution in [-0.4, -0.2) is 53.0 Å². The first-order chi connectivity index (χ1) is 13.2. The number of fused-ring (bicyclic) bond motifs is 1. The van der Waals surface area contributed by atoms with Crippen molar-refractivity contribution in [2.75, 3.05) is 32.7 Å². The summed E-state index contributed by atoms with van der Waals surface area (Å²) in [6.07, 6.45) is 4.36. The maximum atomic E-state index is 13.0. The molecule has 2 heterocycles. The van der Waals surface area contributed by atoms with Gasteiger partial charge in [-0.25, -0.2) is 0 Å². The summed E-state index contributed by atoms with van der Waals surface area (Å²) >= 11 is 0. The summed E-state index contributed by atoms with van der Waals surface area (Å²) in [6.45, 7) is 4.30. The Balaban J connectivity index is 1.35. The lowest BCUT2D eigenvalue weighted by Crippen LogP contribution is -2.48. The number of carbonyl (C=O) groups excluding carboxylic acids is 1. The van der Waals surface area contributed by atoms with Crippen molar-refractivity contribution in [3.05, 3.63) is 78.0 Å². The predicted molar refractivity (Wildman–Crippen MR) is 111 cm³/mol. The predicted octanol–water partition coefficient (Wildman–Crippen LogP) is 3.65. The van der Waals surface area contributed by atoms with Crippen LogP contribution in [0.2, 0.25) is 0 Å². The van der Waals surface area contributed by atoms with Gasteiger partial charge in [0, 0.05) is 50.7 Å². The second kappa shape index (κ2) is 7.80. The number of hydrogen-bond acceptors (Lipinski definition) is 2. The van der Waals surface area contributed by atoms with Crippen LogP contribution in [0.25, 0.3) is 17.0 Å². The summed E-state index contributed by atoms with van der Waals surface area (Å²) < 4.78 is 2.01. The number of rotatable bonds is 4. The topological polar surface area (TPSA) is 28.5 Å². The molecule has 4 heteroatoms. The van der Waals surface area contributed by atoms with Gasteiger partial charge in [-0.3, -0.25) is 9.69 Å². The Hall–Kier alpha value is -2.85. The number of hydrogen-bond donors (Lipinski definition) is 0. The first-order valence-corrected chi connectivity index (χ1v) is 9.50. The molecule has 0 aliphatic carbocycles. The number of piperazine rings is 1. The van der Waals surface area contributed by atoms with Crippen molar-refractivity contribution < 1.29 is 4.79 Å². The van der Waals surface area contributed by atoms with Crippen LogP contribution in [-0.2, 0) is 7.05 Å². The maximum absolute atomic E-state index is 13.0. The van der Waals surface area contributed by atoms with Crippen molar-refractivity contribution in [3.63, 3.8) is 0 Å². The molecule has 27 heavy (non-hydrogen) atoms. The Labute approximate surface area is 160 Å². The van der Waals surface area contributed by atoms with E-state index >= 15 is 0 Å². The Bertz CT molecular complexity index is 950. The van der Waals surface area contributed by atoms with Gasteiger partial charge in [0.15, 0.2) is 0 Å². The van der Waals surface area contributed by atoms with E-state index in [9.17, 15) is 4.79 Å². The highest BCUT2D eigenvalue weighted by Crippen LogP contribution is 2.20. The van der Waals surface area contributed by atoms with Crippen molar-refractivity contribution in [3.8, 4) is 0 Å². The van der Waals surface area contributed by atoms with Gasteiger partial charge < -0.3 is 9.47 Å². The minimum atomic E-state index is 0.133. The molecular formula is C23H25N3O. The van der Waals surface area contributed by atoms with Crippen LogP contribution in [0.4, 0.5) is 0 Å². The second-order valence-electron chi connectivity index (χ2n) is 7.05. The SMILES string of the molecule is Cn1c(C(=O)N2CCN(C/C=C/c3ccccc3)CC2)cc2ccccc21. The van der Waals surface area contributed by atoms with Gasteiger partial charge in [-0.05, 0) is 17.7 Å². The summed E-state index contributed by atoms with van der Waals surface area (Å²) in [6, 6.07) is 20.5. The molecule has 0 N–H and O–H groups in total. The van der Waals surface area contributed by atoms with Crippen molar-refractivity contribution in [1.82, 2.24) is 14.4 Å². The fourth-order valence-electron chi connectivity index (χ4n) is 3.69. The van der Waals surface area contributed by atoms with Gasteiger partial charge in [-0.1, -0.05) is 60.7 Å². The van der Waals surface area contributed by atoms with E-state index in [0.717, 1.165) is 49.3 Å². The van der Waals surface area contributed by atoms with Crippen LogP contribution in [0, 0.1) is 0 Å². The van der Waals surface area contributed by atoms with Crippen LogP contribution in [0.3, 0.4) is 0 Å².